The summed E-state index contributed by atoms with van der Waals surface area (Å²) in [5, 5.41) is 0. The average molecular weight is 252 g/mol. The Morgan fingerprint density at radius 2 is 2.28 bits per heavy atom. The van der Waals surface area contributed by atoms with Crippen LogP contribution in [-0.4, -0.2) is 24.6 Å². The molecule has 1 fully saturated rings. The van der Waals surface area contributed by atoms with Crippen LogP contribution in [0, 0.1) is 17.8 Å². The van der Waals surface area contributed by atoms with Crippen molar-refractivity contribution in [2.24, 2.45) is 17.8 Å². The fraction of sp³-hybridized carbons (Fsp3) is 0.714. The van der Waals surface area contributed by atoms with Gasteiger partial charge in [-0.2, -0.15) is 0 Å². The first-order valence-corrected chi connectivity index (χ1v) is 6.67. The lowest BCUT2D eigenvalue weighted by molar-refractivity contribution is -0.180. The second-order valence-electron chi connectivity index (χ2n) is 4.99. The van der Waals surface area contributed by atoms with Gasteiger partial charge in [0, 0.05) is 11.8 Å². The Bertz CT molecular complexity index is 361. The number of rotatable bonds is 6. The number of hydrogen-bond donors (Lipinski definition) is 0. The van der Waals surface area contributed by atoms with Gasteiger partial charge < -0.3 is 9.47 Å². The van der Waals surface area contributed by atoms with Gasteiger partial charge >= 0.3 is 5.97 Å². The van der Waals surface area contributed by atoms with Crippen LogP contribution in [0.3, 0.4) is 0 Å². The molecule has 2 aliphatic carbocycles. The molecule has 2 aliphatic rings. The summed E-state index contributed by atoms with van der Waals surface area (Å²) in [5.41, 5.74) is 0. The third-order valence-electron chi connectivity index (χ3n) is 3.62. The van der Waals surface area contributed by atoms with Gasteiger partial charge in [-0.25, -0.2) is 0 Å². The smallest absolute Gasteiger partial charge is 0.312 e. The molecule has 1 saturated carbocycles. The quantitative estimate of drug-likeness (QED) is 0.314. The Labute approximate surface area is 107 Å². The van der Waals surface area contributed by atoms with Crippen molar-refractivity contribution in [2.75, 3.05) is 6.61 Å². The second kappa shape index (κ2) is 5.65. The molecule has 4 nitrogen and oxygen atoms in total. The maximum atomic E-state index is 11.9. The maximum absolute atomic E-state index is 11.9. The molecule has 100 valence electrons. The van der Waals surface area contributed by atoms with Crippen LogP contribution in [0.5, 0.6) is 0 Å². The summed E-state index contributed by atoms with van der Waals surface area (Å²) in [4.78, 5) is 23.6. The SMILES string of the molecule is CCCCOC(C)OC(=O)C1CC2C=CC1C2=O. The Kier molecular flexibility index (Phi) is 4.17. The van der Waals surface area contributed by atoms with Crippen LogP contribution < -0.4 is 0 Å². The van der Waals surface area contributed by atoms with E-state index in [1.165, 1.54) is 0 Å². The molecule has 0 aromatic carbocycles. The van der Waals surface area contributed by atoms with Crippen molar-refractivity contribution < 1.29 is 19.1 Å². The summed E-state index contributed by atoms with van der Waals surface area (Å²) < 4.78 is 10.6. The minimum absolute atomic E-state index is 0.0659. The van der Waals surface area contributed by atoms with E-state index in [1.54, 1.807) is 6.92 Å². The van der Waals surface area contributed by atoms with Crippen molar-refractivity contribution in [3.8, 4) is 0 Å². The molecular weight excluding hydrogens is 232 g/mol. The number of fused-ring (bicyclic) bond motifs is 2. The summed E-state index contributed by atoms with van der Waals surface area (Å²) in [5.74, 6) is -0.764. The van der Waals surface area contributed by atoms with Gasteiger partial charge in [0.1, 0.15) is 5.78 Å². The number of carbonyl (C=O) groups is 2. The number of hydrogen-bond acceptors (Lipinski definition) is 4. The molecule has 4 unspecified atom stereocenters. The molecule has 0 aromatic heterocycles. The van der Waals surface area contributed by atoms with E-state index in [9.17, 15) is 9.59 Å². The van der Waals surface area contributed by atoms with Crippen LogP contribution in [0.4, 0.5) is 0 Å². The molecule has 2 rings (SSSR count). The van der Waals surface area contributed by atoms with Crippen LogP contribution >= 0.6 is 0 Å². The highest BCUT2D eigenvalue weighted by Crippen LogP contribution is 2.41. The van der Waals surface area contributed by atoms with Gasteiger partial charge in [-0.1, -0.05) is 25.5 Å². The molecule has 0 heterocycles. The van der Waals surface area contributed by atoms with Crippen molar-refractivity contribution >= 4 is 11.8 Å². The lowest BCUT2D eigenvalue weighted by atomic mass is 9.94. The first-order valence-electron chi connectivity index (χ1n) is 6.67. The largest absolute Gasteiger partial charge is 0.436 e. The lowest BCUT2D eigenvalue weighted by Gasteiger charge is -2.19. The Balaban J connectivity index is 1.79. The standard InChI is InChI=1S/C14H20O4/c1-3-4-7-17-9(2)18-14(16)12-8-10-5-6-11(12)13(10)15/h5-6,9-12H,3-4,7-8H2,1-2H3. The molecule has 0 amide bonds. The molecule has 0 aliphatic heterocycles. The zero-order chi connectivity index (χ0) is 13.1. The van der Waals surface area contributed by atoms with Crippen molar-refractivity contribution in [3.05, 3.63) is 12.2 Å². The minimum atomic E-state index is -0.526. The van der Waals surface area contributed by atoms with E-state index in [4.69, 9.17) is 9.47 Å². The normalized spacial score (nSPS) is 30.8. The molecule has 2 bridgehead atoms. The fourth-order valence-corrected chi connectivity index (χ4v) is 2.56. The predicted octanol–water partition coefficient (Wildman–Crippen LogP) is 2.08. The van der Waals surface area contributed by atoms with Crippen molar-refractivity contribution in [2.45, 2.75) is 39.4 Å². The highest BCUT2D eigenvalue weighted by molar-refractivity contribution is 5.96. The zero-order valence-corrected chi connectivity index (χ0v) is 10.9. The van der Waals surface area contributed by atoms with E-state index in [0.29, 0.717) is 13.0 Å². The topological polar surface area (TPSA) is 52.6 Å². The Morgan fingerprint density at radius 1 is 1.50 bits per heavy atom. The van der Waals surface area contributed by atoms with Gasteiger partial charge in [0.25, 0.3) is 0 Å². The van der Waals surface area contributed by atoms with Crippen LogP contribution in [0.2, 0.25) is 0 Å². The van der Waals surface area contributed by atoms with Crippen molar-refractivity contribution in [1.29, 1.82) is 0 Å². The highest BCUT2D eigenvalue weighted by Gasteiger charge is 2.47. The third kappa shape index (κ3) is 2.64. The summed E-state index contributed by atoms with van der Waals surface area (Å²) in [6, 6.07) is 0. The van der Waals surface area contributed by atoms with Gasteiger partial charge in [0.05, 0.1) is 12.5 Å². The van der Waals surface area contributed by atoms with Crippen molar-refractivity contribution in [1.82, 2.24) is 0 Å². The summed E-state index contributed by atoms with van der Waals surface area (Å²) in [6.45, 7) is 4.40. The minimum Gasteiger partial charge on any atom is -0.436 e. The number of esters is 1. The number of Topliss-reactive ketones (excluding diaryl/α,β-unsaturated/α-hetero) is 1. The van der Waals surface area contributed by atoms with E-state index in [0.717, 1.165) is 12.8 Å². The second-order valence-corrected chi connectivity index (χ2v) is 4.99. The van der Waals surface area contributed by atoms with Crippen LogP contribution in [0.25, 0.3) is 0 Å². The molecule has 18 heavy (non-hydrogen) atoms. The summed E-state index contributed by atoms with van der Waals surface area (Å²) in [7, 11) is 0. The number of ketones is 1. The van der Waals surface area contributed by atoms with Crippen LogP contribution in [-0.2, 0) is 19.1 Å². The molecule has 0 spiro atoms. The number of unbranched alkanes of at least 4 members (excludes halogenated alkanes) is 1. The number of allylic oxidation sites excluding steroid dienone is 2. The van der Waals surface area contributed by atoms with E-state index in [2.05, 4.69) is 6.92 Å². The van der Waals surface area contributed by atoms with Gasteiger partial charge in [0.15, 0.2) is 6.29 Å². The van der Waals surface area contributed by atoms with Crippen molar-refractivity contribution in [3.63, 3.8) is 0 Å². The van der Waals surface area contributed by atoms with E-state index >= 15 is 0 Å². The van der Waals surface area contributed by atoms with Crippen LogP contribution in [0.15, 0.2) is 12.2 Å². The van der Waals surface area contributed by atoms with Gasteiger partial charge in [-0.15, -0.1) is 0 Å². The predicted molar refractivity (Wildman–Crippen MR) is 65.6 cm³/mol. The molecule has 4 heteroatoms. The van der Waals surface area contributed by atoms with Crippen LogP contribution in [0.1, 0.15) is 33.1 Å². The van der Waals surface area contributed by atoms with E-state index in [-0.39, 0.29) is 29.5 Å². The highest BCUT2D eigenvalue weighted by atomic mass is 16.7. The third-order valence-corrected chi connectivity index (χ3v) is 3.62. The van der Waals surface area contributed by atoms with E-state index < -0.39 is 6.29 Å². The summed E-state index contributed by atoms with van der Waals surface area (Å²) in [6.07, 6.45) is 5.81. The monoisotopic (exact) mass is 252 g/mol. The maximum Gasteiger partial charge on any atom is 0.312 e. The fourth-order valence-electron chi connectivity index (χ4n) is 2.56. The molecular formula is C14H20O4. The average Bonchev–Trinajstić information content (AvgIpc) is 2.85. The van der Waals surface area contributed by atoms with E-state index in [1.807, 2.05) is 12.2 Å². The number of carbonyl (C=O) groups excluding carboxylic acids is 2. The van der Waals surface area contributed by atoms with Gasteiger partial charge in [-0.3, -0.25) is 9.59 Å². The molecule has 0 N–H and O–H groups in total. The first-order chi connectivity index (χ1) is 8.63. The lowest BCUT2D eigenvalue weighted by Crippen LogP contribution is -2.27. The Morgan fingerprint density at radius 3 is 2.83 bits per heavy atom. The Hall–Kier alpha value is -1.16. The zero-order valence-electron chi connectivity index (χ0n) is 10.9. The molecule has 0 saturated heterocycles. The molecule has 0 radical (unpaired) electrons. The summed E-state index contributed by atoms with van der Waals surface area (Å²) >= 11 is 0. The number of ether oxygens (including phenoxy) is 2. The molecule has 4 atom stereocenters. The first kappa shape index (κ1) is 13.3. The van der Waals surface area contributed by atoms with Gasteiger partial charge in [0.2, 0.25) is 0 Å². The molecule has 0 aromatic rings. The van der Waals surface area contributed by atoms with Gasteiger partial charge in [-0.05, 0) is 19.8 Å².